The van der Waals surface area contributed by atoms with Crippen LogP contribution in [0.1, 0.15) is 40.0 Å². The van der Waals surface area contributed by atoms with E-state index in [1.54, 1.807) is 6.92 Å². The molecule has 0 radical (unpaired) electrons. The summed E-state index contributed by atoms with van der Waals surface area (Å²) in [5.74, 6) is 0.310. The van der Waals surface area contributed by atoms with Crippen LogP contribution in [-0.2, 0) is 4.79 Å². The Morgan fingerprint density at radius 1 is 1.24 bits per heavy atom. The molecular weight excluding hydrogens is 212 g/mol. The van der Waals surface area contributed by atoms with Crippen molar-refractivity contribution in [2.45, 2.75) is 46.1 Å². The quantitative estimate of drug-likeness (QED) is 0.748. The highest BCUT2D eigenvalue weighted by molar-refractivity contribution is 5.81. The predicted octanol–water partition coefficient (Wildman–Crippen LogP) is 1.77. The molecule has 0 spiro atoms. The molecule has 3 nitrogen and oxygen atoms in total. The standard InChI is InChI=1S/C14H26N2O/c1-12(17)14(2,3)11-15-7-5-9-16-8-4-6-13(16)10-15/h13H,4-11H2,1-3H3. The molecule has 2 rings (SSSR count). The molecule has 2 heterocycles. The van der Waals surface area contributed by atoms with Crippen molar-refractivity contribution in [2.75, 3.05) is 32.7 Å². The van der Waals surface area contributed by atoms with Gasteiger partial charge in [0.15, 0.2) is 0 Å². The van der Waals surface area contributed by atoms with E-state index < -0.39 is 0 Å². The van der Waals surface area contributed by atoms with Crippen LogP contribution < -0.4 is 0 Å². The maximum absolute atomic E-state index is 11.6. The predicted molar refractivity (Wildman–Crippen MR) is 70.1 cm³/mol. The van der Waals surface area contributed by atoms with Crippen LogP contribution in [0.4, 0.5) is 0 Å². The Labute approximate surface area is 105 Å². The van der Waals surface area contributed by atoms with E-state index in [1.165, 1.54) is 32.4 Å². The number of Topliss-reactive ketones (excluding diaryl/α,β-unsaturated/α-hetero) is 1. The summed E-state index contributed by atoms with van der Waals surface area (Å²) in [6.07, 6.45) is 3.95. The van der Waals surface area contributed by atoms with Crippen LogP contribution in [0.3, 0.4) is 0 Å². The van der Waals surface area contributed by atoms with Crippen LogP contribution in [0.25, 0.3) is 0 Å². The summed E-state index contributed by atoms with van der Waals surface area (Å²) in [4.78, 5) is 16.8. The fourth-order valence-corrected chi connectivity index (χ4v) is 3.10. The summed E-state index contributed by atoms with van der Waals surface area (Å²) < 4.78 is 0. The molecule has 0 amide bonds. The van der Waals surface area contributed by atoms with Crippen molar-refractivity contribution in [1.82, 2.24) is 9.80 Å². The van der Waals surface area contributed by atoms with Gasteiger partial charge in [-0.05, 0) is 45.8 Å². The number of carbonyl (C=O) groups excluding carboxylic acids is 1. The van der Waals surface area contributed by atoms with Gasteiger partial charge in [0.25, 0.3) is 0 Å². The first-order valence-corrected chi connectivity index (χ1v) is 6.96. The molecular formula is C14H26N2O. The molecule has 1 atom stereocenters. The van der Waals surface area contributed by atoms with E-state index in [0.717, 1.165) is 25.7 Å². The van der Waals surface area contributed by atoms with E-state index in [0.29, 0.717) is 5.78 Å². The molecule has 0 N–H and O–H groups in total. The van der Waals surface area contributed by atoms with Gasteiger partial charge in [0.2, 0.25) is 0 Å². The molecule has 2 aliphatic rings. The van der Waals surface area contributed by atoms with E-state index in [1.807, 2.05) is 0 Å². The van der Waals surface area contributed by atoms with Crippen molar-refractivity contribution in [3.8, 4) is 0 Å². The first kappa shape index (κ1) is 13.0. The number of carbonyl (C=O) groups is 1. The summed E-state index contributed by atoms with van der Waals surface area (Å²) in [7, 11) is 0. The van der Waals surface area contributed by atoms with Crippen molar-refractivity contribution < 1.29 is 4.79 Å². The Hall–Kier alpha value is -0.410. The van der Waals surface area contributed by atoms with Crippen LogP contribution in [0.5, 0.6) is 0 Å². The van der Waals surface area contributed by atoms with E-state index in [9.17, 15) is 4.79 Å². The molecule has 2 fully saturated rings. The third-order valence-electron chi connectivity index (χ3n) is 4.46. The Bertz CT molecular complexity index is 288. The lowest BCUT2D eigenvalue weighted by atomic mass is 9.88. The van der Waals surface area contributed by atoms with E-state index in [4.69, 9.17) is 0 Å². The van der Waals surface area contributed by atoms with Gasteiger partial charge in [0.05, 0.1) is 0 Å². The Morgan fingerprint density at radius 2 is 1.94 bits per heavy atom. The van der Waals surface area contributed by atoms with Gasteiger partial charge >= 0.3 is 0 Å². The Balaban J connectivity index is 1.95. The van der Waals surface area contributed by atoms with Gasteiger partial charge in [0.1, 0.15) is 5.78 Å². The number of nitrogens with zero attached hydrogens (tertiary/aromatic N) is 2. The zero-order valence-corrected chi connectivity index (χ0v) is 11.5. The molecule has 1 unspecified atom stereocenters. The van der Waals surface area contributed by atoms with Gasteiger partial charge < -0.3 is 4.90 Å². The van der Waals surface area contributed by atoms with E-state index in [2.05, 4.69) is 23.6 Å². The van der Waals surface area contributed by atoms with Gasteiger partial charge in [-0.2, -0.15) is 0 Å². The van der Waals surface area contributed by atoms with Crippen molar-refractivity contribution in [2.24, 2.45) is 5.41 Å². The largest absolute Gasteiger partial charge is 0.301 e. The van der Waals surface area contributed by atoms with Gasteiger partial charge in [-0.3, -0.25) is 9.69 Å². The monoisotopic (exact) mass is 238 g/mol. The van der Waals surface area contributed by atoms with E-state index >= 15 is 0 Å². The SMILES string of the molecule is CC(=O)C(C)(C)CN1CCCN2CCCC2C1. The molecule has 0 aromatic rings. The molecule has 0 aromatic carbocycles. The lowest BCUT2D eigenvalue weighted by Gasteiger charge is -2.31. The smallest absolute Gasteiger partial charge is 0.136 e. The second-order valence-electron chi connectivity index (χ2n) is 6.36. The summed E-state index contributed by atoms with van der Waals surface area (Å²) in [5, 5.41) is 0. The highest BCUT2D eigenvalue weighted by Gasteiger charge is 2.32. The van der Waals surface area contributed by atoms with Crippen LogP contribution in [-0.4, -0.2) is 54.3 Å². The first-order valence-electron chi connectivity index (χ1n) is 6.96. The number of fused-ring (bicyclic) bond motifs is 1. The molecule has 17 heavy (non-hydrogen) atoms. The third-order valence-corrected chi connectivity index (χ3v) is 4.46. The van der Waals surface area contributed by atoms with Crippen LogP contribution in [0.2, 0.25) is 0 Å². The average Bonchev–Trinajstić information content (AvgIpc) is 2.57. The molecule has 98 valence electrons. The lowest BCUT2D eigenvalue weighted by molar-refractivity contribution is -0.125. The lowest BCUT2D eigenvalue weighted by Crippen LogP contribution is -2.42. The van der Waals surface area contributed by atoms with Crippen molar-refractivity contribution >= 4 is 5.78 Å². The number of hydrogen-bond donors (Lipinski definition) is 0. The Kier molecular flexibility index (Phi) is 3.88. The van der Waals surface area contributed by atoms with Gasteiger partial charge in [-0.15, -0.1) is 0 Å². The van der Waals surface area contributed by atoms with Gasteiger partial charge in [0, 0.05) is 24.5 Å². The van der Waals surface area contributed by atoms with E-state index in [-0.39, 0.29) is 5.41 Å². The average molecular weight is 238 g/mol. The normalized spacial score (nSPS) is 27.8. The van der Waals surface area contributed by atoms with Crippen LogP contribution >= 0.6 is 0 Å². The van der Waals surface area contributed by atoms with Crippen LogP contribution in [0, 0.1) is 5.41 Å². The highest BCUT2D eigenvalue weighted by atomic mass is 16.1. The second-order valence-corrected chi connectivity index (χ2v) is 6.36. The van der Waals surface area contributed by atoms with Crippen molar-refractivity contribution in [3.05, 3.63) is 0 Å². The molecule has 0 saturated carbocycles. The number of rotatable bonds is 3. The zero-order chi connectivity index (χ0) is 12.5. The molecule has 0 aromatic heterocycles. The molecule has 0 aliphatic carbocycles. The summed E-state index contributed by atoms with van der Waals surface area (Å²) >= 11 is 0. The summed E-state index contributed by atoms with van der Waals surface area (Å²) in [6, 6.07) is 0.750. The third kappa shape index (κ3) is 3.08. The van der Waals surface area contributed by atoms with Gasteiger partial charge in [-0.1, -0.05) is 13.8 Å². The first-order chi connectivity index (χ1) is 7.99. The maximum Gasteiger partial charge on any atom is 0.136 e. The molecule has 3 heteroatoms. The topological polar surface area (TPSA) is 23.6 Å². The fraction of sp³-hybridized carbons (Fsp3) is 0.929. The fourth-order valence-electron chi connectivity index (χ4n) is 3.10. The highest BCUT2D eigenvalue weighted by Crippen LogP contribution is 2.24. The summed E-state index contributed by atoms with van der Waals surface area (Å²) in [6.45, 7) is 11.7. The molecule has 2 aliphatic heterocycles. The molecule has 0 bridgehead atoms. The molecule has 2 saturated heterocycles. The Morgan fingerprint density at radius 3 is 2.65 bits per heavy atom. The number of ketones is 1. The van der Waals surface area contributed by atoms with Crippen LogP contribution in [0.15, 0.2) is 0 Å². The maximum atomic E-state index is 11.6. The second kappa shape index (κ2) is 5.07. The zero-order valence-electron chi connectivity index (χ0n) is 11.5. The van der Waals surface area contributed by atoms with Gasteiger partial charge in [-0.25, -0.2) is 0 Å². The minimum atomic E-state index is -0.187. The minimum Gasteiger partial charge on any atom is -0.301 e. The number of hydrogen-bond acceptors (Lipinski definition) is 3. The van der Waals surface area contributed by atoms with Crippen molar-refractivity contribution in [1.29, 1.82) is 0 Å². The van der Waals surface area contributed by atoms with Crippen molar-refractivity contribution in [3.63, 3.8) is 0 Å². The minimum absolute atomic E-state index is 0.187. The summed E-state index contributed by atoms with van der Waals surface area (Å²) in [5.41, 5.74) is -0.187.